The second kappa shape index (κ2) is 4.94. The standard InChI is InChI=1S/C15H21N3/c1-10(16)9-14-5-7-15(8-6-14)18-13(4)11(2)12(3)17-18/h5-8,10H,9,16H2,1-4H3. The number of hydrogen-bond donors (Lipinski definition) is 1. The van der Waals surface area contributed by atoms with E-state index in [-0.39, 0.29) is 6.04 Å². The van der Waals surface area contributed by atoms with Crippen LogP contribution in [0, 0.1) is 20.8 Å². The third-order valence-corrected chi connectivity index (χ3v) is 3.39. The molecule has 18 heavy (non-hydrogen) atoms. The molecule has 2 N–H and O–H groups in total. The van der Waals surface area contributed by atoms with Crippen molar-refractivity contribution in [2.75, 3.05) is 0 Å². The minimum Gasteiger partial charge on any atom is -0.328 e. The average molecular weight is 243 g/mol. The van der Waals surface area contributed by atoms with Gasteiger partial charge in [0.15, 0.2) is 0 Å². The summed E-state index contributed by atoms with van der Waals surface area (Å²) in [7, 11) is 0. The Morgan fingerprint density at radius 2 is 1.78 bits per heavy atom. The van der Waals surface area contributed by atoms with Crippen molar-refractivity contribution in [1.82, 2.24) is 9.78 Å². The van der Waals surface area contributed by atoms with Crippen molar-refractivity contribution in [2.45, 2.75) is 40.2 Å². The van der Waals surface area contributed by atoms with Gasteiger partial charge in [-0.3, -0.25) is 0 Å². The summed E-state index contributed by atoms with van der Waals surface area (Å²) in [6, 6.07) is 8.68. The van der Waals surface area contributed by atoms with Gasteiger partial charge in [-0.05, 0) is 57.4 Å². The molecule has 1 aromatic carbocycles. The Morgan fingerprint density at radius 3 is 2.22 bits per heavy atom. The number of aromatic nitrogens is 2. The zero-order chi connectivity index (χ0) is 13.3. The second-order valence-corrected chi connectivity index (χ2v) is 5.06. The van der Waals surface area contributed by atoms with Gasteiger partial charge in [-0.2, -0.15) is 5.10 Å². The van der Waals surface area contributed by atoms with Crippen LogP contribution in [0.15, 0.2) is 24.3 Å². The van der Waals surface area contributed by atoms with E-state index < -0.39 is 0 Å². The minimum atomic E-state index is 0.201. The second-order valence-electron chi connectivity index (χ2n) is 5.06. The normalized spacial score (nSPS) is 12.7. The summed E-state index contributed by atoms with van der Waals surface area (Å²) in [6.45, 7) is 8.28. The number of rotatable bonds is 3. The average Bonchev–Trinajstić information content (AvgIpc) is 2.57. The molecule has 0 spiro atoms. The van der Waals surface area contributed by atoms with Crippen molar-refractivity contribution in [3.05, 3.63) is 46.8 Å². The third-order valence-electron chi connectivity index (χ3n) is 3.39. The van der Waals surface area contributed by atoms with Crippen LogP contribution < -0.4 is 5.73 Å². The van der Waals surface area contributed by atoms with Crippen molar-refractivity contribution in [1.29, 1.82) is 0 Å². The summed E-state index contributed by atoms with van der Waals surface area (Å²) < 4.78 is 2.00. The van der Waals surface area contributed by atoms with Gasteiger partial charge in [0.05, 0.1) is 11.4 Å². The third kappa shape index (κ3) is 2.46. The van der Waals surface area contributed by atoms with Gasteiger partial charge in [-0.25, -0.2) is 4.68 Å². The fourth-order valence-electron chi connectivity index (χ4n) is 2.12. The molecule has 0 saturated carbocycles. The van der Waals surface area contributed by atoms with Crippen molar-refractivity contribution < 1.29 is 0 Å². The lowest BCUT2D eigenvalue weighted by molar-refractivity contribution is 0.737. The molecule has 1 atom stereocenters. The molecule has 0 amide bonds. The molecule has 3 nitrogen and oxygen atoms in total. The van der Waals surface area contributed by atoms with Crippen molar-refractivity contribution >= 4 is 0 Å². The Hall–Kier alpha value is -1.61. The zero-order valence-corrected chi connectivity index (χ0v) is 11.6. The first-order valence-corrected chi connectivity index (χ1v) is 6.36. The minimum absolute atomic E-state index is 0.201. The van der Waals surface area contributed by atoms with Crippen LogP contribution in [0.5, 0.6) is 0 Å². The SMILES string of the molecule is Cc1nn(-c2ccc(CC(C)N)cc2)c(C)c1C. The molecule has 1 aromatic heterocycles. The van der Waals surface area contributed by atoms with E-state index in [9.17, 15) is 0 Å². The topological polar surface area (TPSA) is 43.8 Å². The molecule has 1 heterocycles. The smallest absolute Gasteiger partial charge is 0.0649 e. The highest BCUT2D eigenvalue weighted by atomic mass is 15.3. The van der Waals surface area contributed by atoms with E-state index in [1.54, 1.807) is 0 Å². The highest BCUT2D eigenvalue weighted by Crippen LogP contribution is 2.17. The molecule has 0 aliphatic heterocycles. The fraction of sp³-hybridized carbons (Fsp3) is 0.400. The van der Waals surface area contributed by atoms with Gasteiger partial charge in [-0.15, -0.1) is 0 Å². The van der Waals surface area contributed by atoms with Crippen LogP contribution in [0.3, 0.4) is 0 Å². The first-order valence-electron chi connectivity index (χ1n) is 6.36. The molecule has 3 heteroatoms. The molecule has 96 valence electrons. The van der Waals surface area contributed by atoms with E-state index >= 15 is 0 Å². The maximum Gasteiger partial charge on any atom is 0.0649 e. The molecular weight excluding hydrogens is 222 g/mol. The summed E-state index contributed by atoms with van der Waals surface area (Å²) in [4.78, 5) is 0. The predicted molar refractivity (Wildman–Crippen MR) is 75.1 cm³/mol. The van der Waals surface area contributed by atoms with Crippen molar-refractivity contribution in [3.63, 3.8) is 0 Å². The van der Waals surface area contributed by atoms with Gasteiger partial charge in [0.2, 0.25) is 0 Å². The van der Waals surface area contributed by atoms with Gasteiger partial charge >= 0.3 is 0 Å². The van der Waals surface area contributed by atoms with E-state index in [1.165, 1.54) is 16.8 Å². The fourth-order valence-corrected chi connectivity index (χ4v) is 2.12. The molecule has 2 rings (SSSR count). The first-order chi connectivity index (χ1) is 8.49. The van der Waals surface area contributed by atoms with Crippen LogP contribution in [0.4, 0.5) is 0 Å². The summed E-state index contributed by atoms with van der Waals surface area (Å²) in [5.41, 5.74) is 11.7. The highest BCUT2D eigenvalue weighted by Gasteiger charge is 2.08. The molecule has 2 aromatic rings. The number of hydrogen-bond acceptors (Lipinski definition) is 2. The largest absolute Gasteiger partial charge is 0.328 e. The Bertz CT molecular complexity index is 536. The molecule has 0 aliphatic carbocycles. The maximum absolute atomic E-state index is 5.80. The molecule has 0 fully saturated rings. The van der Waals surface area contributed by atoms with Gasteiger partial charge < -0.3 is 5.73 Å². The summed E-state index contributed by atoms with van der Waals surface area (Å²) in [6.07, 6.45) is 0.913. The van der Waals surface area contributed by atoms with E-state index in [2.05, 4.69) is 43.2 Å². The van der Waals surface area contributed by atoms with E-state index in [0.29, 0.717) is 0 Å². The lowest BCUT2D eigenvalue weighted by Crippen LogP contribution is -2.17. The van der Waals surface area contributed by atoms with Crippen LogP contribution >= 0.6 is 0 Å². The van der Waals surface area contributed by atoms with E-state index in [4.69, 9.17) is 5.73 Å². The van der Waals surface area contributed by atoms with Crippen LogP contribution in [0.25, 0.3) is 5.69 Å². The Kier molecular flexibility index (Phi) is 3.53. The lowest BCUT2D eigenvalue weighted by Gasteiger charge is -2.08. The predicted octanol–water partition coefficient (Wildman–Crippen LogP) is 2.69. The number of benzene rings is 1. The highest BCUT2D eigenvalue weighted by molar-refractivity contribution is 5.38. The quantitative estimate of drug-likeness (QED) is 0.900. The van der Waals surface area contributed by atoms with Crippen LogP contribution in [-0.4, -0.2) is 15.8 Å². The van der Waals surface area contributed by atoms with Gasteiger partial charge in [0.1, 0.15) is 0 Å². The molecule has 0 bridgehead atoms. The van der Waals surface area contributed by atoms with Crippen LogP contribution in [0.1, 0.15) is 29.4 Å². The molecule has 0 aliphatic rings. The van der Waals surface area contributed by atoms with Crippen molar-refractivity contribution in [2.24, 2.45) is 5.73 Å². The lowest BCUT2D eigenvalue weighted by atomic mass is 10.1. The summed E-state index contributed by atoms with van der Waals surface area (Å²) >= 11 is 0. The molecule has 0 saturated heterocycles. The monoisotopic (exact) mass is 243 g/mol. The van der Waals surface area contributed by atoms with E-state index in [1.807, 2.05) is 18.5 Å². The summed E-state index contributed by atoms with van der Waals surface area (Å²) in [5.74, 6) is 0. The number of nitrogens with zero attached hydrogens (tertiary/aromatic N) is 2. The van der Waals surface area contributed by atoms with E-state index in [0.717, 1.165) is 17.8 Å². The molecule has 1 unspecified atom stereocenters. The molecule has 0 radical (unpaired) electrons. The van der Waals surface area contributed by atoms with Crippen LogP contribution in [0.2, 0.25) is 0 Å². The maximum atomic E-state index is 5.80. The molecular formula is C15H21N3. The number of nitrogens with two attached hydrogens (primary N) is 1. The van der Waals surface area contributed by atoms with Crippen LogP contribution in [-0.2, 0) is 6.42 Å². The Labute approximate surface area is 109 Å². The Morgan fingerprint density at radius 1 is 1.17 bits per heavy atom. The van der Waals surface area contributed by atoms with Crippen molar-refractivity contribution in [3.8, 4) is 5.69 Å². The first kappa shape index (κ1) is 12.8. The summed E-state index contributed by atoms with van der Waals surface area (Å²) in [5, 5.41) is 4.56. The zero-order valence-electron chi connectivity index (χ0n) is 11.6. The van der Waals surface area contributed by atoms with Gasteiger partial charge in [0, 0.05) is 11.7 Å². The van der Waals surface area contributed by atoms with Gasteiger partial charge in [0.25, 0.3) is 0 Å². The Balaban J connectivity index is 2.31. The number of aryl methyl sites for hydroxylation is 1. The van der Waals surface area contributed by atoms with Gasteiger partial charge in [-0.1, -0.05) is 12.1 Å².